The predicted octanol–water partition coefficient (Wildman–Crippen LogP) is 15.6. The van der Waals surface area contributed by atoms with Crippen molar-refractivity contribution in [2.24, 2.45) is 0 Å². The summed E-state index contributed by atoms with van der Waals surface area (Å²) in [6, 6.07) is 66.1. The third kappa shape index (κ3) is 8.29. The van der Waals surface area contributed by atoms with Crippen LogP contribution in [0.2, 0.25) is 0 Å². The van der Waals surface area contributed by atoms with Gasteiger partial charge in [-0.05, 0) is 95.6 Å². The molecule has 1 heterocycles. The Kier molecular flexibility index (Phi) is 12.1. The lowest BCUT2D eigenvalue weighted by atomic mass is 9.94. The van der Waals surface area contributed by atoms with Crippen LogP contribution in [0.4, 0.5) is 28.4 Å². The molecule has 9 rings (SSSR count). The number of allylic oxidation sites excluding steroid dienone is 2. The molecule has 0 atom stereocenters. The van der Waals surface area contributed by atoms with E-state index in [1.807, 2.05) is 42.5 Å². The third-order valence-electron chi connectivity index (χ3n) is 10.2. The summed E-state index contributed by atoms with van der Waals surface area (Å²) in [5, 5.41) is 4.60. The Labute approximate surface area is 337 Å². The van der Waals surface area contributed by atoms with Crippen molar-refractivity contribution in [2.75, 3.05) is 16.8 Å². The van der Waals surface area contributed by atoms with E-state index in [0.29, 0.717) is 0 Å². The average molecular weight is 741 g/mol. The van der Waals surface area contributed by atoms with Crippen LogP contribution in [0.3, 0.4) is 0 Å². The van der Waals surface area contributed by atoms with Gasteiger partial charge < -0.3 is 14.2 Å². The summed E-state index contributed by atoms with van der Waals surface area (Å²) in [5.41, 5.74) is 12.5. The van der Waals surface area contributed by atoms with E-state index in [2.05, 4.69) is 189 Å². The molecule has 280 valence electrons. The zero-order valence-electron chi connectivity index (χ0n) is 33.0. The first-order chi connectivity index (χ1) is 28.0. The van der Waals surface area contributed by atoms with Crippen LogP contribution in [-0.4, -0.2) is 7.05 Å². The van der Waals surface area contributed by atoms with Crippen LogP contribution in [0.15, 0.2) is 218 Å². The molecule has 1 aromatic heterocycles. The molecule has 0 fully saturated rings. The molecule has 0 aliphatic rings. The number of furan rings is 1. The van der Waals surface area contributed by atoms with E-state index in [4.69, 9.17) is 4.42 Å². The number of hydrogen-bond acceptors (Lipinski definition) is 3. The normalized spacial score (nSPS) is 10.6. The Morgan fingerprint density at radius 2 is 1.05 bits per heavy atom. The van der Waals surface area contributed by atoms with Crippen molar-refractivity contribution in [1.29, 1.82) is 0 Å². The smallest absolute Gasteiger partial charge is 0.138 e. The molecule has 0 amide bonds. The fourth-order valence-corrected chi connectivity index (χ4v) is 7.37. The SMILES string of the molecule is C=CC=C.CCc1ccccc1-c1ccc(N(c2ccccc2)c2cc3oc4ccc(N(C)c5ccccc5)cc4c3c3ccccc23)cc1C.c1ccccc1. The maximum absolute atomic E-state index is 6.64. The molecule has 0 spiro atoms. The van der Waals surface area contributed by atoms with Gasteiger partial charge in [-0.3, -0.25) is 0 Å². The molecule has 0 aliphatic heterocycles. The maximum Gasteiger partial charge on any atom is 0.138 e. The fourth-order valence-electron chi connectivity index (χ4n) is 7.37. The molecule has 3 nitrogen and oxygen atoms in total. The zero-order valence-corrected chi connectivity index (χ0v) is 33.0. The fraction of sp³-hybridized carbons (Fsp3) is 0.0741. The Morgan fingerprint density at radius 3 is 1.68 bits per heavy atom. The Hall–Kier alpha value is -7.10. The summed E-state index contributed by atoms with van der Waals surface area (Å²) in [7, 11) is 2.11. The quantitative estimate of drug-likeness (QED) is 0.145. The van der Waals surface area contributed by atoms with Crippen molar-refractivity contribution in [3.8, 4) is 11.1 Å². The van der Waals surface area contributed by atoms with Gasteiger partial charge in [-0.2, -0.15) is 0 Å². The lowest BCUT2D eigenvalue weighted by Crippen LogP contribution is -2.11. The molecule has 0 bridgehead atoms. The standard InChI is InChI=1S/C44H36N2O.C6H6.C4H6/c1-4-31-15-11-12-20-37(31)36-25-23-35(27-30(36)2)46(33-18-9-6-10-19-33)41-29-43-44(39-22-14-13-21-38(39)41)40-28-34(24-26-42(40)47-43)45(3)32-16-7-5-8-17-32;1-2-4-6-5-3-1;1-3-4-2/h5-29H,4H2,1-3H3;1-6H;3-4H,1-2H2. The Morgan fingerprint density at radius 1 is 0.491 bits per heavy atom. The minimum absolute atomic E-state index is 0.874. The van der Waals surface area contributed by atoms with Crippen LogP contribution in [0.25, 0.3) is 43.8 Å². The maximum atomic E-state index is 6.64. The average Bonchev–Trinajstić information content (AvgIpc) is 3.66. The minimum Gasteiger partial charge on any atom is -0.456 e. The molecular weight excluding hydrogens is 693 g/mol. The number of hydrogen-bond donors (Lipinski definition) is 0. The lowest BCUT2D eigenvalue weighted by molar-refractivity contribution is 0.669. The van der Waals surface area contributed by atoms with Crippen molar-refractivity contribution < 1.29 is 4.42 Å². The van der Waals surface area contributed by atoms with Gasteiger partial charge in [-0.1, -0.05) is 160 Å². The molecule has 9 aromatic rings. The molecule has 0 saturated carbocycles. The van der Waals surface area contributed by atoms with E-state index in [1.165, 1.54) is 33.0 Å². The third-order valence-corrected chi connectivity index (χ3v) is 10.2. The molecular formula is C54H48N2O. The summed E-state index contributed by atoms with van der Waals surface area (Å²) >= 11 is 0. The minimum atomic E-state index is 0.874. The summed E-state index contributed by atoms with van der Waals surface area (Å²) in [4.78, 5) is 4.59. The van der Waals surface area contributed by atoms with E-state index in [0.717, 1.165) is 56.8 Å². The monoisotopic (exact) mass is 740 g/mol. The van der Waals surface area contributed by atoms with E-state index < -0.39 is 0 Å². The number of nitrogens with zero attached hydrogens (tertiary/aromatic N) is 2. The summed E-state index contributed by atoms with van der Waals surface area (Å²) < 4.78 is 6.64. The first-order valence-electron chi connectivity index (χ1n) is 19.5. The van der Waals surface area contributed by atoms with E-state index in [1.54, 1.807) is 12.2 Å². The Bertz CT molecular complexity index is 2700. The van der Waals surface area contributed by atoms with Gasteiger partial charge in [-0.15, -0.1) is 0 Å². The Balaban J connectivity index is 0.000000439. The first-order valence-corrected chi connectivity index (χ1v) is 19.5. The van der Waals surface area contributed by atoms with Crippen molar-refractivity contribution in [1.82, 2.24) is 0 Å². The molecule has 57 heavy (non-hydrogen) atoms. The molecule has 0 aliphatic carbocycles. The zero-order chi connectivity index (χ0) is 39.6. The van der Waals surface area contributed by atoms with Crippen molar-refractivity contribution in [3.05, 3.63) is 224 Å². The highest BCUT2D eigenvalue weighted by molar-refractivity contribution is 6.23. The van der Waals surface area contributed by atoms with Gasteiger partial charge in [0.05, 0.1) is 5.69 Å². The molecule has 3 heteroatoms. The van der Waals surface area contributed by atoms with Crippen molar-refractivity contribution >= 4 is 61.1 Å². The summed E-state index contributed by atoms with van der Waals surface area (Å²) in [6.07, 6.45) is 4.28. The molecule has 0 radical (unpaired) electrons. The molecule has 0 unspecified atom stereocenters. The van der Waals surface area contributed by atoms with Gasteiger partial charge >= 0.3 is 0 Å². The number of aryl methyl sites for hydroxylation is 2. The number of fused-ring (bicyclic) bond motifs is 5. The summed E-state index contributed by atoms with van der Waals surface area (Å²) in [6.45, 7) is 11.2. The molecule has 8 aromatic carbocycles. The number of rotatable bonds is 8. The van der Waals surface area contributed by atoms with Crippen LogP contribution in [0, 0.1) is 6.92 Å². The van der Waals surface area contributed by atoms with Gasteiger partial charge in [0.2, 0.25) is 0 Å². The van der Waals surface area contributed by atoms with Gasteiger partial charge in [0.1, 0.15) is 11.2 Å². The van der Waals surface area contributed by atoms with Crippen molar-refractivity contribution in [2.45, 2.75) is 20.3 Å². The second-order valence-electron chi connectivity index (χ2n) is 13.8. The molecule has 0 saturated heterocycles. The van der Waals surface area contributed by atoms with E-state index in [-0.39, 0.29) is 0 Å². The lowest BCUT2D eigenvalue weighted by Gasteiger charge is -2.28. The van der Waals surface area contributed by atoms with Crippen LogP contribution in [0.1, 0.15) is 18.1 Å². The van der Waals surface area contributed by atoms with Gasteiger partial charge in [0, 0.05) is 52.0 Å². The van der Waals surface area contributed by atoms with Gasteiger partial charge in [0.15, 0.2) is 0 Å². The number of benzene rings is 8. The van der Waals surface area contributed by atoms with Crippen molar-refractivity contribution in [3.63, 3.8) is 0 Å². The van der Waals surface area contributed by atoms with Gasteiger partial charge in [-0.25, -0.2) is 0 Å². The van der Waals surface area contributed by atoms with Gasteiger partial charge in [0.25, 0.3) is 0 Å². The highest BCUT2D eigenvalue weighted by atomic mass is 16.3. The second-order valence-corrected chi connectivity index (χ2v) is 13.8. The molecule has 0 N–H and O–H groups in total. The number of para-hydroxylation sites is 2. The predicted molar refractivity (Wildman–Crippen MR) is 247 cm³/mol. The van der Waals surface area contributed by atoms with Crippen LogP contribution < -0.4 is 9.80 Å². The first kappa shape index (κ1) is 38.2. The van der Waals surface area contributed by atoms with E-state index >= 15 is 0 Å². The van der Waals surface area contributed by atoms with E-state index in [9.17, 15) is 0 Å². The number of anilines is 5. The highest BCUT2D eigenvalue weighted by Crippen LogP contribution is 2.46. The topological polar surface area (TPSA) is 19.6 Å². The van der Waals surface area contributed by atoms with Crippen LogP contribution in [-0.2, 0) is 6.42 Å². The second kappa shape index (κ2) is 18.0. The largest absolute Gasteiger partial charge is 0.456 e. The van der Waals surface area contributed by atoms with Crippen LogP contribution >= 0.6 is 0 Å². The highest BCUT2D eigenvalue weighted by Gasteiger charge is 2.21. The summed E-state index contributed by atoms with van der Waals surface area (Å²) in [5.74, 6) is 0. The van der Waals surface area contributed by atoms with Crippen LogP contribution in [0.5, 0.6) is 0 Å².